The standard InChI is InChI=1S/C8H12N4O2S2/c1-4-6(16-8(10)11-4)15-3-2-5(13)12-7(9)14/h2-3H2,1H3,(H2,10,11)(H3,9,12,13,14). The molecule has 0 saturated carbocycles. The molecule has 0 radical (unpaired) electrons. The van der Waals surface area contributed by atoms with Crippen LogP contribution in [0.25, 0.3) is 0 Å². The zero-order valence-electron chi connectivity index (χ0n) is 8.65. The zero-order chi connectivity index (χ0) is 12.1. The van der Waals surface area contributed by atoms with Gasteiger partial charge in [-0.2, -0.15) is 0 Å². The molecule has 0 aromatic carbocycles. The highest BCUT2D eigenvalue weighted by Gasteiger charge is 2.08. The van der Waals surface area contributed by atoms with Crippen molar-refractivity contribution < 1.29 is 9.59 Å². The number of amides is 3. The molecule has 16 heavy (non-hydrogen) atoms. The fraction of sp³-hybridized carbons (Fsp3) is 0.375. The molecular formula is C8H12N4O2S2. The molecular weight excluding hydrogens is 248 g/mol. The fourth-order valence-corrected chi connectivity index (χ4v) is 3.01. The Morgan fingerprint density at radius 1 is 1.56 bits per heavy atom. The van der Waals surface area contributed by atoms with Crippen LogP contribution in [0.5, 0.6) is 0 Å². The van der Waals surface area contributed by atoms with Crippen molar-refractivity contribution in [3.8, 4) is 0 Å². The van der Waals surface area contributed by atoms with Crippen molar-refractivity contribution in [3.63, 3.8) is 0 Å². The first kappa shape index (κ1) is 12.8. The van der Waals surface area contributed by atoms with Gasteiger partial charge in [0.1, 0.15) is 0 Å². The van der Waals surface area contributed by atoms with E-state index in [2.05, 4.69) is 4.98 Å². The SMILES string of the molecule is Cc1nc(N)sc1SCCC(=O)NC(N)=O. The van der Waals surface area contributed by atoms with Crippen molar-refractivity contribution in [2.75, 3.05) is 11.5 Å². The lowest BCUT2D eigenvalue weighted by Crippen LogP contribution is -2.35. The van der Waals surface area contributed by atoms with Gasteiger partial charge >= 0.3 is 6.03 Å². The summed E-state index contributed by atoms with van der Waals surface area (Å²) in [6.07, 6.45) is 0.227. The van der Waals surface area contributed by atoms with Crippen LogP contribution < -0.4 is 16.8 Å². The molecule has 0 saturated heterocycles. The quantitative estimate of drug-likeness (QED) is 0.690. The summed E-state index contributed by atoms with van der Waals surface area (Å²) in [6.45, 7) is 1.86. The van der Waals surface area contributed by atoms with Crippen LogP contribution in [0, 0.1) is 6.92 Å². The second kappa shape index (κ2) is 5.71. The maximum Gasteiger partial charge on any atom is 0.318 e. The molecule has 0 bridgehead atoms. The predicted octanol–water partition coefficient (Wildman–Crippen LogP) is 0.711. The third kappa shape index (κ3) is 4.07. The summed E-state index contributed by atoms with van der Waals surface area (Å²) in [5, 5.41) is 2.51. The Kier molecular flexibility index (Phi) is 4.56. The number of nitrogens with two attached hydrogens (primary N) is 2. The van der Waals surface area contributed by atoms with Crippen LogP contribution in [0.15, 0.2) is 4.21 Å². The number of hydrogen-bond acceptors (Lipinski definition) is 6. The molecule has 0 spiro atoms. The van der Waals surface area contributed by atoms with Crippen LogP contribution in [-0.4, -0.2) is 22.7 Å². The maximum absolute atomic E-state index is 11.1. The number of rotatable bonds is 4. The van der Waals surface area contributed by atoms with Gasteiger partial charge in [-0.15, -0.1) is 11.8 Å². The van der Waals surface area contributed by atoms with Crippen LogP contribution >= 0.6 is 23.1 Å². The van der Waals surface area contributed by atoms with E-state index in [1.54, 1.807) is 0 Å². The molecule has 1 aromatic rings. The maximum atomic E-state index is 11.1. The largest absolute Gasteiger partial charge is 0.375 e. The van der Waals surface area contributed by atoms with Gasteiger partial charge in [0.2, 0.25) is 5.91 Å². The zero-order valence-corrected chi connectivity index (χ0v) is 10.3. The summed E-state index contributed by atoms with van der Waals surface area (Å²) in [4.78, 5) is 25.5. The molecule has 88 valence electrons. The summed E-state index contributed by atoms with van der Waals surface area (Å²) in [5.74, 6) is 0.178. The van der Waals surface area contributed by atoms with E-state index < -0.39 is 6.03 Å². The molecule has 0 unspecified atom stereocenters. The van der Waals surface area contributed by atoms with Crippen LogP contribution in [0.2, 0.25) is 0 Å². The number of aromatic nitrogens is 1. The van der Waals surface area contributed by atoms with E-state index in [-0.39, 0.29) is 12.3 Å². The first-order valence-electron chi connectivity index (χ1n) is 4.44. The van der Waals surface area contributed by atoms with Gasteiger partial charge in [0.25, 0.3) is 0 Å². The van der Waals surface area contributed by atoms with Gasteiger partial charge in [0.15, 0.2) is 5.13 Å². The highest BCUT2D eigenvalue weighted by Crippen LogP contribution is 2.30. The molecule has 1 rings (SSSR count). The Hall–Kier alpha value is -1.28. The first-order chi connectivity index (χ1) is 7.49. The van der Waals surface area contributed by atoms with Gasteiger partial charge in [0.05, 0.1) is 9.90 Å². The van der Waals surface area contributed by atoms with Crippen molar-refractivity contribution in [2.24, 2.45) is 5.73 Å². The number of aryl methyl sites for hydroxylation is 1. The summed E-state index contributed by atoms with van der Waals surface area (Å²) in [5.41, 5.74) is 11.2. The summed E-state index contributed by atoms with van der Waals surface area (Å²) >= 11 is 2.87. The Labute approximate surface area is 101 Å². The number of urea groups is 1. The molecule has 3 amide bonds. The second-order valence-electron chi connectivity index (χ2n) is 2.94. The number of imide groups is 1. The molecule has 0 atom stereocenters. The minimum Gasteiger partial charge on any atom is -0.375 e. The number of thiazole rings is 1. The number of carbonyl (C=O) groups is 2. The third-order valence-electron chi connectivity index (χ3n) is 1.60. The van der Waals surface area contributed by atoms with E-state index in [1.807, 2.05) is 12.2 Å². The van der Waals surface area contributed by atoms with Gasteiger partial charge in [-0.05, 0) is 6.92 Å². The highest BCUT2D eigenvalue weighted by molar-refractivity contribution is 8.01. The lowest BCUT2D eigenvalue weighted by atomic mass is 10.4. The van der Waals surface area contributed by atoms with E-state index in [0.717, 1.165) is 9.90 Å². The lowest BCUT2D eigenvalue weighted by Gasteiger charge is -2.00. The Bertz CT molecular complexity index is 405. The van der Waals surface area contributed by atoms with Crippen molar-refractivity contribution >= 4 is 40.2 Å². The number of hydrogen-bond donors (Lipinski definition) is 3. The van der Waals surface area contributed by atoms with Crippen molar-refractivity contribution in [1.29, 1.82) is 0 Å². The average Bonchev–Trinajstić information content (AvgIpc) is 2.44. The summed E-state index contributed by atoms with van der Waals surface area (Å²) < 4.78 is 0.990. The summed E-state index contributed by atoms with van der Waals surface area (Å²) in [7, 11) is 0. The number of nitrogen functional groups attached to an aromatic ring is 1. The topological polar surface area (TPSA) is 111 Å². The fourth-order valence-electron chi connectivity index (χ4n) is 0.973. The van der Waals surface area contributed by atoms with Gasteiger partial charge in [-0.3, -0.25) is 10.1 Å². The number of nitrogens with zero attached hydrogens (tertiary/aromatic N) is 1. The van der Waals surface area contributed by atoms with Crippen LogP contribution in [0.4, 0.5) is 9.93 Å². The van der Waals surface area contributed by atoms with E-state index in [1.165, 1.54) is 23.1 Å². The molecule has 0 aliphatic heterocycles. The molecule has 5 N–H and O–H groups in total. The highest BCUT2D eigenvalue weighted by atomic mass is 32.2. The lowest BCUT2D eigenvalue weighted by molar-refractivity contribution is -0.119. The minimum atomic E-state index is -0.826. The third-order valence-corrected chi connectivity index (χ3v) is 3.95. The van der Waals surface area contributed by atoms with Gasteiger partial charge in [-0.25, -0.2) is 9.78 Å². The van der Waals surface area contributed by atoms with E-state index in [0.29, 0.717) is 10.9 Å². The Morgan fingerprint density at radius 2 is 2.25 bits per heavy atom. The van der Waals surface area contributed by atoms with Crippen LogP contribution in [-0.2, 0) is 4.79 Å². The van der Waals surface area contributed by atoms with Crippen molar-refractivity contribution in [2.45, 2.75) is 17.6 Å². The molecule has 8 heteroatoms. The number of primary amides is 1. The van der Waals surface area contributed by atoms with E-state index in [9.17, 15) is 9.59 Å². The van der Waals surface area contributed by atoms with Gasteiger partial charge in [-0.1, -0.05) is 11.3 Å². The van der Waals surface area contributed by atoms with E-state index >= 15 is 0 Å². The summed E-state index contributed by atoms with van der Waals surface area (Å²) in [6, 6.07) is -0.826. The Balaban J connectivity index is 2.33. The number of anilines is 1. The molecule has 1 heterocycles. The minimum absolute atomic E-state index is 0.227. The number of thioether (sulfide) groups is 1. The Morgan fingerprint density at radius 3 is 2.75 bits per heavy atom. The van der Waals surface area contributed by atoms with Gasteiger partial charge in [0, 0.05) is 12.2 Å². The normalized spacial score (nSPS) is 10.1. The molecule has 0 fully saturated rings. The molecule has 0 aliphatic rings. The second-order valence-corrected chi connectivity index (χ2v) is 5.33. The molecule has 0 aliphatic carbocycles. The van der Waals surface area contributed by atoms with Crippen molar-refractivity contribution in [1.82, 2.24) is 10.3 Å². The first-order valence-corrected chi connectivity index (χ1v) is 6.24. The smallest absolute Gasteiger partial charge is 0.318 e. The number of carbonyl (C=O) groups excluding carboxylic acids is 2. The van der Waals surface area contributed by atoms with Gasteiger partial charge < -0.3 is 11.5 Å². The van der Waals surface area contributed by atoms with Crippen LogP contribution in [0.1, 0.15) is 12.1 Å². The van der Waals surface area contributed by atoms with E-state index in [4.69, 9.17) is 11.5 Å². The number of nitrogens with one attached hydrogen (secondary N) is 1. The monoisotopic (exact) mass is 260 g/mol. The van der Waals surface area contributed by atoms with Crippen molar-refractivity contribution in [3.05, 3.63) is 5.69 Å². The average molecular weight is 260 g/mol. The van der Waals surface area contributed by atoms with Crippen LogP contribution in [0.3, 0.4) is 0 Å². The molecule has 1 aromatic heterocycles. The predicted molar refractivity (Wildman–Crippen MR) is 64.3 cm³/mol. The molecule has 6 nitrogen and oxygen atoms in total.